The van der Waals surface area contributed by atoms with Crippen LogP contribution in [0.4, 0.5) is 0 Å². The van der Waals surface area contributed by atoms with Gasteiger partial charge in [-0.05, 0) is 26.7 Å². The summed E-state index contributed by atoms with van der Waals surface area (Å²) in [4.78, 5) is 25.3. The van der Waals surface area contributed by atoms with E-state index in [1.807, 2.05) is 20.8 Å². The van der Waals surface area contributed by atoms with Gasteiger partial charge in [-0.1, -0.05) is 13.8 Å². The van der Waals surface area contributed by atoms with Gasteiger partial charge in [-0.2, -0.15) is 0 Å². The van der Waals surface area contributed by atoms with Gasteiger partial charge in [0.05, 0.1) is 5.54 Å². The zero-order valence-corrected chi connectivity index (χ0v) is 11.5. The van der Waals surface area contributed by atoms with Crippen LogP contribution in [0.5, 0.6) is 0 Å². The number of carbonyl (C=O) groups excluding carboxylic acids is 2. The van der Waals surface area contributed by atoms with Crippen molar-refractivity contribution in [2.45, 2.75) is 52.1 Å². The molecule has 100 valence electrons. The first-order chi connectivity index (χ1) is 7.82. The van der Waals surface area contributed by atoms with Crippen LogP contribution in [0, 0.1) is 0 Å². The molecule has 1 atom stereocenters. The number of hydrogen-bond acceptors (Lipinski definition) is 3. The fourth-order valence-electron chi connectivity index (χ4n) is 1.46. The van der Waals surface area contributed by atoms with Crippen LogP contribution in [0.15, 0.2) is 0 Å². The van der Waals surface area contributed by atoms with E-state index in [0.29, 0.717) is 19.4 Å². The zero-order valence-electron chi connectivity index (χ0n) is 11.5. The minimum absolute atomic E-state index is 0.101. The van der Waals surface area contributed by atoms with Crippen molar-refractivity contribution < 1.29 is 9.59 Å². The van der Waals surface area contributed by atoms with E-state index in [4.69, 9.17) is 5.73 Å². The summed E-state index contributed by atoms with van der Waals surface area (Å²) in [5.41, 5.74) is 5.08. The number of nitrogens with two attached hydrogens (primary N) is 1. The predicted octanol–water partition coefficient (Wildman–Crippen LogP) is 0.487. The van der Waals surface area contributed by atoms with Crippen molar-refractivity contribution in [3.63, 3.8) is 0 Å². The molecule has 0 rings (SSSR count). The summed E-state index contributed by atoms with van der Waals surface area (Å²) in [6, 6.07) is -0.534. The summed E-state index contributed by atoms with van der Waals surface area (Å²) in [5, 5.41) is 2.68. The SMILES string of the molecule is CCN(C)C(=O)C(C)NC(=O)C(N)(CC)CC. The van der Waals surface area contributed by atoms with Gasteiger partial charge in [-0.3, -0.25) is 9.59 Å². The second-order valence-electron chi connectivity index (χ2n) is 4.41. The van der Waals surface area contributed by atoms with Gasteiger partial charge in [0, 0.05) is 13.6 Å². The van der Waals surface area contributed by atoms with Crippen molar-refractivity contribution in [1.82, 2.24) is 10.2 Å². The van der Waals surface area contributed by atoms with E-state index >= 15 is 0 Å². The smallest absolute Gasteiger partial charge is 0.244 e. The molecule has 0 aliphatic carbocycles. The summed E-state index contributed by atoms with van der Waals surface area (Å²) >= 11 is 0. The lowest BCUT2D eigenvalue weighted by Gasteiger charge is -2.28. The van der Waals surface area contributed by atoms with Gasteiger partial charge in [-0.25, -0.2) is 0 Å². The molecule has 0 spiro atoms. The standard InChI is InChI=1S/C12H25N3O2/c1-6-12(13,7-2)11(17)14-9(4)10(16)15(5)8-3/h9H,6-8,13H2,1-5H3,(H,14,17). The molecule has 0 fully saturated rings. The van der Waals surface area contributed by atoms with Crippen molar-refractivity contribution >= 4 is 11.8 Å². The lowest BCUT2D eigenvalue weighted by molar-refractivity contribution is -0.136. The van der Waals surface area contributed by atoms with Gasteiger partial charge in [-0.15, -0.1) is 0 Å². The number of carbonyl (C=O) groups is 2. The highest BCUT2D eigenvalue weighted by molar-refractivity contribution is 5.91. The van der Waals surface area contributed by atoms with Crippen LogP contribution in [-0.4, -0.2) is 41.9 Å². The molecule has 2 amide bonds. The van der Waals surface area contributed by atoms with Crippen molar-refractivity contribution in [2.75, 3.05) is 13.6 Å². The van der Waals surface area contributed by atoms with Gasteiger partial charge < -0.3 is 16.0 Å². The maximum absolute atomic E-state index is 11.9. The molecule has 1 unspecified atom stereocenters. The van der Waals surface area contributed by atoms with E-state index in [0.717, 1.165) is 0 Å². The van der Waals surface area contributed by atoms with Crippen LogP contribution in [0.3, 0.4) is 0 Å². The van der Waals surface area contributed by atoms with Crippen LogP contribution >= 0.6 is 0 Å². The summed E-state index contributed by atoms with van der Waals surface area (Å²) in [7, 11) is 1.71. The molecule has 3 N–H and O–H groups in total. The molecule has 0 aliphatic rings. The molecule has 0 saturated heterocycles. The number of nitrogens with zero attached hydrogens (tertiary/aromatic N) is 1. The maximum atomic E-state index is 11.9. The quantitative estimate of drug-likeness (QED) is 0.713. The first-order valence-electron chi connectivity index (χ1n) is 6.17. The fraction of sp³-hybridized carbons (Fsp3) is 0.833. The van der Waals surface area contributed by atoms with E-state index < -0.39 is 11.6 Å². The Balaban J connectivity index is 4.54. The number of nitrogens with one attached hydrogen (secondary N) is 1. The molecule has 17 heavy (non-hydrogen) atoms. The first kappa shape index (κ1) is 15.9. The molecule has 0 aromatic rings. The second-order valence-corrected chi connectivity index (χ2v) is 4.41. The molecule has 0 aromatic carbocycles. The highest BCUT2D eigenvalue weighted by atomic mass is 16.2. The molecule has 5 heteroatoms. The Kier molecular flexibility index (Phi) is 6.16. The van der Waals surface area contributed by atoms with E-state index in [9.17, 15) is 9.59 Å². The molecular formula is C12H25N3O2. The van der Waals surface area contributed by atoms with Crippen LogP contribution < -0.4 is 11.1 Å². The lowest BCUT2D eigenvalue weighted by atomic mass is 9.93. The summed E-state index contributed by atoms with van der Waals surface area (Å²) < 4.78 is 0. The normalized spacial score (nSPS) is 13.1. The average molecular weight is 243 g/mol. The number of amides is 2. The van der Waals surface area contributed by atoms with Gasteiger partial charge in [0.2, 0.25) is 11.8 Å². The number of hydrogen-bond donors (Lipinski definition) is 2. The molecule has 0 aliphatic heterocycles. The van der Waals surface area contributed by atoms with Crippen molar-refractivity contribution in [3.05, 3.63) is 0 Å². The largest absolute Gasteiger partial charge is 0.344 e. The van der Waals surface area contributed by atoms with Gasteiger partial charge in [0.25, 0.3) is 0 Å². The van der Waals surface area contributed by atoms with Gasteiger partial charge in [0.15, 0.2) is 0 Å². The van der Waals surface area contributed by atoms with Crippen LogP contribution in [0.25, 0.3) is 0 Å². The number of likely N-dealkylation sites (N-methyl/N-ethyl adjacent to an activating group) is 1. The Hall–Kier alpha value is -1.10. The minimum Gasteiger partial charge on any atom is -0.344 e. The molecule has 0 radical (unpaired) electrons. The molecule has 5 nitrogen and oxygen atoms in total. The molecule has 0 saturated carbocycles. The van der Waals surface area contributed by atoms with Crippen molar-refractivity contribution in [2.24, 2.45) is 5.73 Å². The van der Waals surface area contributed by atoms with Crippen molar-refractivity contribution in [3.8, 4) is 0 Å². The van der Waals surface area contributed by atoms with E-state index in [1.54, 1.807) is 18.9 Å². The molecule has 0 bridgehead atoms. The van der Waals surface area contributed by atoms with Crippen LogP contribution in [0.2, 0.25) is 0 Å². The van der Waals surface area contributed by atoms with Gasteiger partial charge in [0.1, 0.15) is 6.04 Å². The summed E-state index contributed by atoms with van der Waals surface area (Å²) in [5.74, 6) is -0.358. The lowest BCUT2D eigenvalue weighted by Crippen LogP contribution is -2.57. The Morgan fingerprint density at radius 3 is 2.12 bits per heavy atom. The van der Waals surface area contributed by atoms with E-state index in [-0.39, 0.29) is 11.8 Å². The third kappa shape index (κ3) is 4.00. The predicted molar refractivity (Wildman–Crippen MR) is 68.4 cm³/mol. The topological polar surface area (TPSA) is 75.4 Å². The Labute approximate surface area is 104 Å². The van der Waals surface area contributed by atoms with Crippen molar-refractivity contribution in [1.29, 1.82) is 0 Å². The third-order valence-corrected chi connectivity index (χ3v) is 3.28. The van der Waals surface area contributed by atoms with E-state index in [2.05, 4.69) is 5.32 Å². The van der Waals surface area contributed by atoms with E-state index in [1.165, 1.54) is 0 Å². The summed E-state index contributed by atoms with van der Waals surface area (Å²) in [6.45, 7) is 7.92. The monoisotopic (exact) mass is 243 g/mol. The second kappa shape index (κ2) is 6.59. The first-order valence-corrected chi connectivity index (χ1v) is 6.17. The molecule has 0 aromatic heterocycles. The highest BCUT2D eigenvalue weighted by Crippen LogP contribution is 2.11. The Morgan fingerprint density at radius 1 is 1.29 bits per heavy atom. The Morgan fingerprint density at radius 2 is 1.76 bits per heavy atom. The van der Waals surface area contributed by atoms with Crippen LogP contribution in [0.1, 0.15) is 40.5 Å². The average Bonchev–Trinajstić information content (AvgIpc) is 2.35. The summed E-state index contributed by atoms with van der Waals surface area (Å²) in [6.07, 6.45) is 1.11. The third-order valence-electron chi connectivity index (χ3n) is 3.28. The fourth-order valence-corrected chi connectivity index (χ4v) is 1.46. The molecule has 0 heterocycles. The zero-order chi connectivity index (χ0) is 13.6. The number of rotatable bonds is 6. The minimum atomic E-state index is -0.876. The van der Waals surface area contributed by atoms with Crippen LogP contribution in [-0.2, 0) is 9.59 Å². The Bertz CT molecular complexity index is 275. The van der Waals surface area contributed by atoms with Gasteiger partial charge >= 0.3 is 0 Å². The molecular weight excluding hydrogens is 218 g/mol. The highest BCUT2D eigenvalue weighted by Gasteiger charge is 2.32. The maximum Gasteiger partial charge on any atom is 0.244 e.